The second-order valence-corrected chi connectivity index (χ2v) is 4.72. The summed E-state index contributed by atoms with van der Waals surface area (Å²) in [4.78, 5) is 0. The van der Waals surface area contributed by atoms with Crippen LogP contribution in [-0.4, -0.2) is 12.2 Å². The maximum Gasteiger partial charge on any atom is 0.167 e. The minimum atomic E-state index is -0.145. The molecule has 0 bridgehead atoms. The maximum atomic E-state index is 9.36. The van der Waals surface area contributed by atoms with E-state index in [9.17, 15) is 5.11 Å². The van der Waals surface area contributed by atoms with Crippen LogP contribution in [0.4, 0.5) is 0 Å². The number of halogens is 1. The van der Waals surface area contributed by atoms with Crippen molar-refractivity contribution in [2.24, 2.45) is 0 Å². The Bertz CT molecular complexity index is 657. The maximum absolute atomic E-state index is 9.36. The zero-order chi connectivity index (χ0) is 15.2. The van der Waals surface area contributed by atoms with E-state index in [1.807, 2.05) is 6.07 Å². The van der Waals surface area contributed by atoms with Crippen molar-refractivity contribution in [2.45, 2.75) is 13.2 Å². The van der Waals surface area contributed by atoms with E-state index >= 15 is 0 Å². The highest BCUT2D eigenvalue weighted by atomic mass is 35.5. The van der Waals surface area contributed by atoms with Crippen LogP contribution in [0.3, 0.4) is 0 Å². The first-order valence-electron chi connectivity index (χ1n) is 6.27. The van der Waals surface area contributed by atoms with E-state index in [0.717, 1.165) is 5.56 Å². The van der Waals surface area contributed by atoms with Gasteiger partial charge in [-0.2, -0.15) is 5.26 Å². The first-order valence-corrected chi connectivity index (χ1v) is 6.65. The van der Waals surface area contributed by atoms with Crippen molar-refractivity contribution < 1.29 is 14.6 Å². The summed E-state index contributed by atoms with van der Waals surface area (Å²) in [5, 5.41) is 18.6. The molecule has 0 aromatic heterocycles. The summed E-state index contributed by atoms with van der Waals surface area (Å²) < 4.78 is 11.0. The second kappa shape index (κ2) is 6.98. The van der Waals surface area contributed by atoms with Gasteiger partial charge >= 0.3 is 0 Å². The largest absolute Gasteiger partial charge is 0.493 e. The zero-order valence-electron chi connectivity index (χ0n) is 11.5. The zero-order valence-corrected chi connectivity index (χ0v) is 12.2. The lowest BCUT2D eigenvalue weighted by atomic mass is 10.1. The van der Waals surface area contributed by atoms with Crippen molar-refractivity contribution in [1.82, 2.24) is 0 Å². The number of benzene rings is 2. The van der Waals surface area contributed by atoms with E-state index in [-0.39, 0.29) is 13.2 Å². The molecule has 0 fully saturated rings. The highest BCUT2D eigenvalue weighted by Gasteiger charge is 2.11. The number of aliphatic hydroxyl groups excluding tert-OH is 1. The predicted molar refractivity (Wildman–Crippen MR) is 79.4 cm³/mol. The van der Waals surface area contributed by atoms with Crippen molar-refractivity contribution in [2.75, 3.05) is 7.11 Å². The highest BCUT2D eigenvalue weighted by molar-refractivity contribution is 6.31. The number of hydrogen-bond acceptors (Lipinski definition) is 4. The van der Waals surface area contributed by atoms with Crippen LogP contribution < -0.4 is 9.47 Å². The SMILES string of the molecule is COc1cccc(CO)c1OCc1ccc(C#N)cc1Cl. The van der Waals surface area contributed by atoms with Crippen molar-refractivity contribution in [1.29, 1.82) is 5.26 Å². The van der Waals surface area contributed by atoms with Crippen LogP contribution in [-0.2, 0) is 13.2 Å². The van der Waals surface area contributed by atoms with Gasteiger partial charge in [0.05, 0.1) is 25.3 Å². The Morgan fingerprint density at radius 2 is 2.05 bits per heavy atom. The molecule has 0 unspecified atom stereocenters. The molecule has 0 spiro atoms. The number of para-hydroxylation sites is 1. The molecule has 0 aliphatic heterocycles. The van der Waals surface area contributed by atoms with E-state index < -0.39 is 0 Å². The second-order valence-electron chi connectivity index (χ2n) is 4.31. The van der Waals surface area contributed by atoms with E-state index in [4.69, 9.17) is 26.3 Å². The average Bonchev–Trinajstić information content (AvgIpc) is 2.53. The van der Waals surface area contributed by atoms with Crippen LogP contribution in [0.15, 0.2) is 36.4 Å². The van der Waals surface area contributed by atoms with Gasteiger partial charge in [-0.25, -0.2) is 0 Å². The van der Waals surface area contributed by atoms with Gasteiger partial charge in [-0.05, 0) is 18.2 Å². The fourth-order valence-electron chi connectivity index (χ4n) is 1.89. The first kappa shape index (κ1) is 15.2. The average molecular weight is 304 g/mol. The third-order valence-electron chi connectivity index (χ3n) is 3.00. The normalized spacial score (nSPS) is 10.0. The van der Waals surface area contributed by atoms with Gasteiger partial charge in [0.2, 0.25) is 0 Å². The van der Waals surface area contributed by atoms with Gasteiger partial charge in [-0.3, -0.25) is 0 Å². The van der Waals surface area contributed by atoms with Gasteiger partial charge < -0.3 is 14.6 Å². The highest BCUT2D eigenvalue weighted by Crippen LogP contribution is 2.32. The predicted octanol–water partition coefficient (Wildman–Crippen LogP) is 3.29. The molecule has 2 aromatic rings. The lowest BCUT2D eigenvalue weighted by Gasteiger charge is -2.14. The molecule has 0 atom stereocenters. The minimum Gasteiger partial charge on any atom is -0.493 e. The first-order chi connectivity index (χ1) is 10.2. The Morgan fingerprint density at radius 3 is 2.67 bits per heavy atom. The van der Waals surface area contributed by atoms with Gasteiger partial charge in [-0.1, -0.05) is 29.8 Å². The molecule has 1 N–H and O–H groups in total. The third-order valence-corrected chi connectivity index (χ3v) is 3.36. The number of hydrogen-bond donors (Lipinski definition) is 1. The van der Waals surface area contributed by atoms with E-state index in [2.05, 4.69) is 0 Å². The topological polar surface area (TPSA) is 62.5 Å². The number of methoxy groups -OCH3 is 1. The lowest BCUT2D eigenvalue weighted by Crippen LogP contribution is -2.02. The molecule has 0 amide bonds. The Hall–Kier alpha value is -2.22. The number of aliphatic hydroxyl groups is 1. The smallest absolute Gasteiger partial charge is 0.167 e. The summed E-state index contributed by atoms with van der Waals surface area (Å²) in [5.41, 5.74) is 1.89. The number of ether oxygens (including phenoxy) is 2. The summed E-state index contributed by atoms with van der Waals surface area (Å²) in [6.07, 6.45) is 0. The molecule has 2 rings (SSSR count). The molecule has 108 valence electrons. The Kier molecular flexibility index (Phi) is 5.04. The quantitative estimate of drug-likeness (QED) is 0.920. The fourth-order valence-corrected chi connectivity index (χ4v) is 2.13. The van der Waals surface area contributed by atoms with Crippen LogP contribution in [0.25, 0.3) is 0 Å². The minimum absolute atomic E-state index is 0.145. The van der Waals surface area contributed by atoms with E-state index in [1.54, 1.807) is 36.4 Å². The van der Waals surface area contributed by atoms with Gasteiger partial charge in [0, 0.05) is 16.1 Å². The molecule has 0 radical (unpaired) electrons. The van der Waals surface area contributed by atoms with E-state index in [0.29, 0.717) is 27.6 Å². The molecular formula is C16H14ClNO3. The molecule has 2 aromatic carbocycles. The van der Waals surface area contributed by atoms with Gasteiger partial charge in [0.25, 0.3) is 0 Å². The molecule has 0 saturated carbocycles. The Balaban J connectivity index is 2.22. The summed E-state index contributed by atoms with van der Waals surface area (Å²) in [6, 6.07) is 12.3. The van der Waals surface area contributed by atoms with Gasteiger partial charge in [0.1, 0.15) is 6.61 Å². The van der Waals surface area contributed by atoms with E-state index in [1.165, 1.54) is 7.11 Å². The molecule has 5 heteroatoms. The Labute approximate surface area is 128 Å². The molecule has 0 aliphatic carbocycles. The van der Waals surface area contributed by atoms with Crippen molar-refractivity contribution >= 4 is 11.6 Å². The van der Waals surface area contributed by atoms with Gasteiger partial charge in [-0.15, -0.1) is 0 Å². The van der Waals surface area contributed by atoms with Crippen LogP contribution in [0, 0.1) is 11.3 Å². The number of rotatable bonds is 5. The molecule has 0 aliphatic rings. The summed E-state index contributed by atoms with van der Waals surface area (Å²) in [7, 11) is 1.54. The van der Waals surface area contributed by atoms with Crippen molar-refractivity contribution in [3.05, 3.63) is 58.1 Å². The van der Waals surface area contributed by atoms with Gasteiger partial charge in [0.15, 0.2) is 11.5 Å². The molecule has 0 heterocycles. The fraction of sp³-hybridized carbons (Fsp3) is 0.188. The standard InChI is InChI=1S/C16H14ClNO3/c1-20-15-4-2-3-12(9-19)16(15)21-10-13-6-5-11(8-18)7-14(13)17/h2-7,19H,9-10H2,1H3. The number of nitrogens with zero attached hydrogens (tertiary/aromatic N) is 1. The molecule has 0 saturated heterocycles. The Morgan fingerprint density at radius 1 is 1.24 bits per heavy atom. The summed E-state index contributed by atoms with van der Waals surface area (Å²) >= 11 is 6.11. The molecule has 4 nitrogen and oxygen atoms in total. The van der Waals surface area contributed by atoms with Crippen LogP contribution in [0.5, 0.6) is 11.5 Å². The third kappa shape index (κ3) is 3.46. The van der Waals surface area contributed by atoms with Crippen molar-refractivity contribution in [3.63, 3.8) is 0 Å². The molecular weight excluding hydrogens is 290 g/mol. The monoisotopic (exact) mass is 303 g/mol. The van der Waals surface area contributed by atoms with Crippen molar-refractivity contribution in [3.8, 4) is 17.6 Å². The summed E-state index contributed by atoms with van der Waals surface area (Å²) in [5.74, 6) is 1.04. The van der Waals surface area contributed by atoms with Crippen LogP contribution in [0.2, 0.25) is 5.02 Å². The lowest BCUT2D eigenvalue weighted by molar-refractivity contribution is 0.250. The summed E-state index contributed by atoms with van der Waals surface area (Å²) in [6.45, 7) is 0.0750. The number of nitriles is 1. The van der Waals surface area contributed by atoms with Crippen LogP contribution >= 0.6 is 11.6 Å². The molecule has 21 heavy (non-hydrogen) atoms. The van der Waals surface area contributed by atoms with Crippen LogP contribution in [0.1, 0.15) is 16.7 Å².